The molecule has 0 bridgehead atoms. The maximum Gasteiger partial charge on any atom is 0.223 e. The number of nitrogens with zero attached hydrogens (tertiary/aromatic N) is 1. The number of ether oxygens (including phenoxy) is 1. The van der Waals surface area contributed by atoms with E-state index in [1.54, 1.807) is 0 Å². The number of carbonyl (C=O) groups excluding carboxylic acids is 1. The highest BCUT2D eigenvalue weighted by Gasteiger charge is 2.25. The molecule has 2 saturated heterocycles. The van der Waals surface area contributed by atoms with Crippen molar-refractivity contribution in [2.24, 2.45) is 5.92 Å². The summed E-state index contributed by atoms with van der Waals surface area (Å²) in [6.07, 6.45) is 3.95. The Balaban J connectivity index is 0.000000771. The molecule has 0 aromatic rings. The molecule has 0 saturated carbocycles. The Hall–Kier alpha value is -0.610. The van der Waals surface area contributed by atoms with Gasteiger partial charge in [0.15, 0.2) is 0 Å². The van der Waals surface area contributed by atoms with E-state index in [0.717, 1.165) is 52.0 Å². The molecule has 0 spiro atoms. The van der Waals surface area contributed by atoms with Gasteiger partial charge >= 0.3 is 0 Å². The van der Waals surface area contributed by atoms with Crippen molar-refractivity contribution in [2.75, 3.05) is 33.4 Å². The summed E-state index contributed by atoms with van der Waals surface area (Å²) in [4.78, 5) is 14.3. The van der Waals surface area contributed by atoms with Gasteiger partial charge in [0.2, 0.25) is 5.91 Å². The number of likely N-dealkylation sites (tertiary alicyclic amines) is 1. The third kappa shape index (κ3) is 4.94. The lowest BCUT2D eigenvalue weighted by atomic mass is 9.95. The maximum atomic E-state index is 12.0. The minimum atomic E-state index is 0.235. The van der Waals surface area contributed by atoms with Crippen LogP contribution in [0.5, 0.6) is 0 Å². The Morgan fingerprint density at radius 3 is 2.22 bits per heavy atom. The first-order valence-corrected chi connectivity index (χ1v) is 7.32. The highest BCUT2D eigenvalue weighted by Crippen LogP contribution is 2.17. The van der Waals surface area contributed by atoms with Gasteiger partial charge in [0.05, 0.1) is 0 Å². The van der Waals surface area contributed by atoms with Crippen molar-refractivity contribution in [3.63, 3.8) is 0 Å². The number of piperidine rings is 1. The van der Waals surface area contributed by atoms with Crippen molar-refractivity contribution >= 4 is 5.91 Å². The molecular formula is C14H28N2O2. The number of hydrogen-bond donors (Lipinski definition) is 1. The topological polar surface area (TPSA) is 41.6 Å². The Kier molecular flexibility index (Phi) is 7.28. The van der Waals surface area contributed by atoms with Gasteiger partial charge in [-0.05, 0) is 45.8 Å². The van der Waals surface area contributed by atoms with Crippen LogP contribution in [0.1, 0.15) is 39.5 Å². The predicted octanol–water partition coefficient (Wildman–Crippen LogP) is 1.65. The second-order valence-corrected chi connectivity index (χ2v) is 4.97. The summed E-state index contributed by atoms with van der Waals surface area (Å²) in [5.74, 6) is 0.499. The van der Waals surface area contributed by atoms with Gasteiger partial charge in [-0.15, -0.1) is 0 Å². The van der Waals surface area contributed by atoms with Crippen LogP contribution in [0.4, 0.5) is 0 Å². The predicted molar refractivity (Wildman–Crippen MR) is 73.6 cm³/mol. The van der Waals surface area contributed by atoms with Crippen LogP contribution in [-0.2, 0) is 9.53 Å². The van der Waals surface area contributed by atoms with Crippen molar-refractivity contribution in [2.45, 2.75) is 45.6 Å². The van der Waals surface area contributed by atoms with Gasteiger partial charge in [-0.25, -0.2) is 0 Å². The van der Waals surface area contributed by atoms with Gasteiger partial charge in [0, 0.05) is 25.2 Å². The third-order valence-electron chi connectivity index (χ3n) is 3.66. The number of hydrogen-bond acceptors (Lipinski definition) is 3. The summed E-state index contributed by atoms with van der Waals surface area (Å²) in [7, 11) is 2.12. The Bertz CT molecular complexity index is 232. The molecule has 2 fully saturated rings. The van der Waals surface area contributed by atoms with Gasteiger partial charge in [0.25, 0.3) is 0 Å². The SMILES string of the molecule is CC.CN1CCC(C(=O)NC2CCOCC2)CC1. The van der Waals surface area contributed by atoms with Gasteiger partial charge in [-0.3, -0.25) is 4.79 Å². The second kappa shape index (κ2) is 8.48. The lowest BCUT2D eigenvalue weighted by Gasteiger charge is -2.30. The van der Waals surface area contributed by atoms with Gasteiger partial charge in [-0.1, -0.05) is 13.8 Å². The van der Waals surface area contributed by atoms with Crippen LogP contribution in [-0.4, -0.2) is 50.2 Å². The molecule has 2 aliphatic rings. The molecule has 4 nitrogen and oxygen atoms in total. The van der Waals surface area contributed by atoms with Crippen molar-refractivity contribution in [1.29, 1.82) is 0 Å². The number of rotatable bonds is 2. The van der Waals surface area contributed by atoms with Crippen molar-refractivity contribution in [3.05, 3.63) is 0 Å². The van der Waals surface area contributed by atoms with Crippen molar-refractivity contribution in [3.8, 4) is 0 Å². The fraction of sp³-hybridized carbons (Fsp3) is 0.929. The fourth-order valence-electron chi connectivity index (χ4n) is 2.43. The van der Waals surface area contributed by atoms with Crippen molar-refractivity contribution < 1.29 is 9.53 Å². The average molecular weight is 256 g/mol. The standard InChI is InChI=1S/C12H22N2O2.C2H6/c1-14-6-2-10(3-7-14)12(15)13-11-4-8-16-9-5-11;1-2/h10-11H,2-9H2,1H3,(H,13,15);1-2H3. The van der Waals surface area contributed by atoms with Crippen LogP contribution in [0.25, 0.3) is 0 Å². The molecule has 0 radical (unpaired) electrons. The summed E-state index contributed by atoms with van der Waals surface area (Å²) in [5.41, 5.74) is 0. The summed E-state index contributed by atoms with van der Waals surface area (Å²) >= 11 is 0. The number of carbonyl (C=O) groups is 1. The third-order valence-corrected chi connectivity index (χ3v) is 3.66. The summed E-state index contributed by atoms with van der Waals surface area (Å²) in [6.45, 7) is 7.68. The van der Waals surface area contributed by atoms with Gasteiger partial charge in [0.1, 0.15) is 0 Å². The zero-order valence-corrected chi connectivity index (χ0v) is 12.1. The minimum absolute atomic E-state index is 0.235. The molecule has 18 heavy (non-hydrogen) atoms. The Morgan fingerprint density at radius 2 is 1.67 bits per heavy atom. The lowest BCUT2D eigenvalue weighted by Crippen LogP contribution is -2.44. The van der Waals surface area contributed by atoms with E-state index in [1.807, 2.05) is 13.8 Å². The van der Waals surface area contributed by atoms with E-state index < -0.39 is 0 Å². The van der Waals surface area contributed by atoms with Crippen molar-refractivity contribution in [1.82, 2.24) is 10.2 Å². The molecule has 106 valence electrons. The smallest absolute Gasteiger partial charge is 0.223 e. The fourth-order valence-corrected chi connectivity index (χ4v) is 2.43. The second-order valence-electron chi connectivity index (χ2n) is 4.97. The summed E-state index contributed by atoms with van der Waals surface area (Å²) in [6, 6.07) is 0.348. The first-order chi connectivity index (χ1) is 8.75. The largest absolute Gasteiger partial charge is 0.381 e. The zero-order chi connectivity index (χ0) is 13.4. The summed E-state index contributed by atoms with van der Waals surface area (Å²) < 4.78 is 5.28. The van der Waals surface area contributed by atoms with Crippen LogP contribution in [0.3, 0.4) is 0 Å². The Labute approximate surface area is 111 Å². The molecule has 4 heteroatoms. The van der Waals surface area contributed by atoms with Crippen LogP contribution < -0.4 is 5.32 Å². The quantitative estimate of drug-likeness (QED) is 0.817. The highest BCUT2D eigenvalue weighted by molar-refractivity contribution is 5.79. The molecule has 0 aromatic carbocycles. The molecule has 0 unspecified atom stereocenters. The van der Waals surface area contributed by atoms with Crippen LogP contribution >= 0.6 is 0 Å². The average Bonchev–Trinajstić information content (AvgIpc) is 2.43. The van der Waals surface area contributed by atoms with E-state index in [2.05, 4.69) is 17.3 Å². The molecule has 1 amide bonds. The van der Waals surface area contributed by atoms with Crippen LogP contribution in [0.2, 0.25) is 0 Å². The Morgan fingerprint density at radius 1 is 1.11 bits per heavy atom. The van der Waals surface area contributed by atoms with Gasteiger partial charge < -0.3 is 15.0 Å². The molecule has 1 N–H and O–H groups in total. The van der Waals surface area contributed by atoms with E-state index in [4.69, 9.17) is 4.74 Å². The zero-order valence-electron chi connectivity index (χ0n) is 12.1. The first-order valence-electron chi connectivity index (χ1n) is 7.32. The first kappa shape index (κ1) is 15.4. The van der Waals surface area contributed by atoms with Crippen LogP contribution in [0.15, 0.2) is 0 Å². The van der Waals surface area contributed by atoms with E-state index >= 15 is 0 Å². The van der Waals surface area contributed by atoms with E-state index in [0.29, 0.717) is 6.04 Å². The molecule has 0 atom stereocenters. The maximum absolute atomic E-state index is 12.0. The van der Waals surface area contributed by atoms with Gasteiger partial charge in [-0.2, -0.15) is 0 Å². The highest BCUT2D eigenvalue weighted by atomic mass is 16.5. The monoisotopic (exact) mass is 256 g/mol. The molecule has 0 aromatic heterocycles. The van der Waals surface area contributed by atoms with Crippen LogP contribution in [0, 0.1) is 5.92 Å². The molecular weight excluding hydrogens is 228 g/mol. The summed E-state index contributed by atoms with van der Waals surface area (Å²) in [5, 5.41) is 3.17. The minimum Gasteiger partial charge on any atom is -0.381 e. The number of amides is 1. The molecule has 2 rings (SSSR count). The van der Waals surface area contributed by atoms with E-state index in [9.17, 15) is 4.79 Å². The molecule has 2 heterocycles. The lowest BCUT2D eigenvalue weighted by molar-refractivity contribution is -0.127. The molecule has 2 aliphatic heterocycles. The van der Waals surface area contributed by atoms with E-state index in [-0.39, 0.29) is 11.8 Å². The van der Waals surface area contributed by atoms with E-state index in [1.165, 1.54) is 0 Å². The molecule has 0 aliphatic carbocycles. The normalized spacial score (nSPS) is 23.1. The number of nitrogens with one attached hydrogen (secondary N) is 1.